The first kappa shape index (κ1) is 19.2. The maximum Gasteiger partial charge on any atom is 0.244 e. The van der Waals surface area contributed by atoms with Crippen LogP contribution in [-0.4, -0.2) is 20.1 Å². The Balaban J connectivity index is 1.78. The molecule has 0 saturated carbocycles. The Hall–Kier alpha value is -3.53. The Morgan fingerprint density at radius 1 is 0.821 bits per heavy atom. The average Bonchev–Trinajstić information content (AvgIpc) is 2.77. The number of benzene rings is 3. The molecule has 1 N–H and O–H groups in total. The Morgan fingerprint density at radius 3 is 1.93 bits per heavy atom. The van der Waals surface area contributed by atoms with Crippen LogP contribution in [0.4, 0.5) is 0 Å². The smallest absolute Gasteiger partial charge is 0.244 e. The number of methoxy groups -OCH3 is 2. The van der Waals surface area contributed by atoms with Gasteiger partial charge in [-0.3, -0.25) is 4.79 Å². The lowest BCUT2D eigenvalue weighted by molar-refractivity contribution is -0.116. The number of hydrogen-bond acceptors (Lipinski definition) is 3. The summed E-state index contributed by atoms with van der Waals surface area (Å²) in [4.78, 5) is 12.6. The molecule has 3 aromatic rings. The minimum absolute atomic E-state index is 0.174. The van der Waals surface area contributed by atoms with E-state index < -0.39 is 0 Å². The van der Waals surface area contributed by atoms with E-state index in [1.54, 1.807) is 20.3 Å². The normalized spacial score (nSPS) is 10.8. The van der Waals surface area contributed by atoms with Crippen molar-refractivity contribution in [2.45, 2.75) is 6.04 Å². The van der Waals surface area contributed by atoms with Crippen LogP contribution in [0.5, 0.6) is 11.5 Å². The lowest BCUT2D eigenvalue weighted by Gasteiger charge is -2.19. The number of carbonyl (C=O) groups excluding carboxylic acids is 1. The first-order chi connectivity index (χ1) is 13.7. The Morgan fingerprint density at radius 2 is 1.39 bits per heavy atom. The number of hydrogen-bond donors (Lipinski definition) is 1. The van der Waals surface area contributed by atoms with E-state index in [-0.39, 0.29) is 11.9 Å². The highest BCUT2D eigenvalue weighted by Gasteiger charge is 2.15. The summed E-state index contributed by atoms with van der Waals surface area (Å²) < 4.78 is 10.5. The van der Waals surface area contributed by atoms with Crippen molar-refractivity contribution in [3.05, 3.63) is 102 Å². The summed E-state index contributed by atoms with van der Waals surface area (Å²) in [7, 11) is 3.18. The molecule has 28 heavy (non-hydrogen) atoms. The van der Waals surface area contributed by atoms with Crippen LogP contribution < -0.4 is 14.8 Å². The van der Waals surface area contributed by atoms with E-state index in [1.165, 1.54) is 6.08 Å². The standard InChI is InChI=1S/C24H23NO3/c1-27-21-15-13-18(17-22(21)28-2)14-16-23(26)25-24(19-9-5-3-6-10-19)20-11-7-4-8-12-20/h3-17,24H,1-2H3,(H,25,26)/b16-14+. The van der Waals surface area contributed by atoms with Crippen LogP contribution in [0.1, 0.15) is 22.7 Å². The monoisotopic (exact) mass is 373 g/mol. The summed E-state index contributed by atoms with van der Waals surface area (Å²) in [6, 6.07) is 25.1. The first-order valence-corrected chi connectivity index (χ1v) is 9.01. The molecule has 0 saturated heterocycles. The Kier molecular flexibility index (Phi) is 6.47. The highest BCUT2D eigenvalue weighted by molar-refractivity contribution is 5.92. The molecule has 1 amide bonds. The van der Waals surface area contributed by atoms with Gasteiger partial charge < -0.3 is 14.8 Å². The fourth-order valence-electron chi connectivity index (χ4n) is 2.97. The molecule has 0 aromatic heterocycles. The van der Waals surface area contributed by atoms with Crippen LogP contribution in [0.15, 0.2) is 84.9 Å². The molecular weight excluding hydrogens is 350 g/mol. The van der Waals surface area contributed by atoms with Gasteiger partial charge in [0.1, 0.15) is 0 Å². The minimum Gasteiger partial charge on any atom is -0.493 e. The van der Waals surface area contributed by atoms with E-state index in [9.17, 15) is 4.79 Å². The van der Waals surface area contributed by atoms with Gasteiger partial charge in [0.2, 0.25) is 5.91 Å². The van der Waals surface area contributed by atoms with Crippen molar-refractivity contribution in [1.29, 1.82) is 0 Å². The van der Waals surface area contributed by atoms with Gasteiger partial charge in [0.05, 0.1) is 20.3 Å². The van der Waals surface area contributed by atoms with Crippen molar-refractivity contribution in [2.75, 3.05) is 14.2 Å². The van der Waals surface area contributed by atoms with Crippen molar-refractivity contribution < 1.29 is 14.3 Å². The van der Waals surface area contributed by atoms with Crippen LogP contribution in [0.25, 0.3) is 6.08 Å². The lowest BCUT2D eigenvalue weighted by Crippen LogP contribution is -2.27. The summed E-state index contributed by atoms with van der Waals surface area (Å²) in [6.45, 7) is 0. The molecule has 3 rings (SSSR count). The second-order valence-electron chi connectivity index (χ2n) is 6.21. The number of amides is 1. The van der Waals surface area contributed by atoms with Crippen LogP contribution in [0.2, 0.25) is 0 Å². The van der Waals surface area contributed by atoms with Crippen LogP contribution in [-0.2, 0) is 4.79 Å². The number of rotatable bonds is 7. The molecule has 0 aliphatic rings. The van der Waals surface area contributed by atoms with E-state index in [4.69, 9.17) is 9.47 Å². The largest absolute Gasteiger partial charge is 0.493 e. The van der Waals surface area contributed by atoms with Gasteiger partial charge in [0.15, 0.2) is 11.5 Å². The lowest BCUT2D eigenvalue weighted by atomic mass is 9.98. The van der Waals surface area contributed by atoms with E-state index in [2.05, 4.69) is 5.32 Å². The van der Waals surface area contributed by atoms with Gasteiger partial charge in [0, 0.05) is 6.08 Å². The van der Waals surface area contributed by atoms with Gasteiger partial charge >= 0.3 is 0 Å². The molecule has 0 radical (unpaired) electrons. The first-order valence-electron chi connectivity index (χ1n) is 9.01. The number of carbonyl (C=O) groups is 1. The summed E-state index contributed by atoms with van der Waals surface area (Å²) in [5, 5.41) is 3.09. The Bertz CT molecular complexity index is 897. The molecule has 4 nitrogen and oxygen atoms in total. The maximum absolute atomic E-state index is 12.6. The summed E-state index contributed by atoms with van der Waals surface area (Å²) >= 11 is 0. The molecule has 4 heteroatoms. The van der Waals surface area contributed by atoms with Crippen molar-refractivity contribution >= 4 is 12.0 Å². The molecule has 0 aliphatic carbocycles. The van der Waals surface area contributed by atoms with E-state index >= 15 is 0 Å². The minimum atomic E-state index is -0.218. The van der Waals surface area contributed by atoms with E-state index in [1.807, 2.05) is 78.9 Å². The predicted molar refractivity (Wildman–Crippen MR) is 111 cm³/mol. The molecule has 0 atom stereocenters. The van der Waals surface area contributed by atoms with E-state index in [0.717, 1.165) is 16.7 Å². The van der Waals surface area contributed by atoms with Gasteiger partial charge in [0.25, 0.3) is 0 Å². The quantitative estimate of drug-likeness (QED) is 0.615. The highest BCUT2D eigenvalue weighted by atomic mass is 16.5. The van der Waals surface area contributed by atoms with Crippen molar-refractivity contribution in [1.82, 2.24) is 5.32 Å². The topological polar surface area (TPSA) is 47.6 Å². The average molecular weight is 373 g/mol. The molecule has 0 bridgehead atoms. The summed E-state index contributed by atoms with van der Waals surface area (Å²) in [5.41, 5.74) is 2.91. The van der Waals surface area contributed by atoms with Gasteiger partial charge in [-0.2, -0.15) is 0 Å². The zero-order valence-electron chi connectivity index (χ0n) is 16.0. The molecule has 0 fully saturated rings. The SMILES string of the molecule is COc1ccc(/C=C/C(=O)NC(c2ccccc2)c2ccccc2)cc1OC. The fourth-order valence-corrected chi connectivity index (χ4v) is 2.97. The second kappa shape index (κ2) is 9.42. The third-order valence-electron chi connectivity index (χ3n) is 4.39. The molecule has 0 unspecified atom stereocenters. The maximum atomic E-state index is 12.6. The van der Waals surface area contributed by atoms with Crippen LogP contribution in [0, 0.1) is 0 Å². The van der Waals surface area contributed by atoms with Crippen molar-refractivity contribution in [2.24, 2.45) is 0 Å². The molecule has 0 heterocycles. The summed E-state index contributed by atoms with van der Waals surface area (Å²) in [5.74, 6) is 1.10. The van der Waals surface area contributed by atoms with Gasteiger partial charge in [-0.1, -0.05) is 66.7 Å². The van der Waals surface area contributed by atoms with Crippen molar-refractivity contribution in [3.8, 4) is 11.5 Å². The third kappa shape index (κ3) is 4.80. The van der Waals surface area contributed by atoms with Gasteiger partial charge in [-0.05, 0) is 34.9 Å². The molecular formula is C24H23NO3. The predicted octanol–water partition coefficient (Wildman–Crippen LogP) is 4.62. The van der Waals surface area contributed by atoms with Crippen LogP contribution >= 0.6 is 0 Å². The zero-order valence-corrected chi connectivity index (χ0v) is 16.0. The number of ether oxygens (including phenoxy) is 2. The number of nitrogens with one attached hydrogen (secondary N) is 1. The van der Waals surface area contributed by atoms with Crippen LogP contribution in [0.3, 0.4) is 0 Å². The molecule has 142 valence electrons. The Labute approximate surface area is 165 Å². The fraction of sp³-hybridized carbons (Fsp3) is 0.125. The van der Waals surface area contributed by atoms with E-state index in [0.29, 0.717) is 11.5 Å². The zero-order chi connectivity index (χ0) is 19.8. The third-order valence-corrected chi connectivity index (χ3v) is 4.39. The molecule has 0 spiro atoms. The van der Waals surface area contributed by atoms with Gasteiger partial charge in [-0.25, -0.2) is 0 Å². The summed E-state index contributed by atoms with van der Waals surface area (Å²) in [6.07, 6.45) is 3.28. The van der Waals surface area contributed by atoms with Crippen molar-refractivity contribution in [3.63, 3.8) is 0 Å². The second-order valence-corrected chi connectivity index (χ2v) is 6.21. The highest BCUT2D eigenvalue weighted by Crippen LogP contribution is 2.28. The van der Waals surface area contributed by atoms with Gasteiger partial charge in [-0.15, -0.1) is 0 Å². The molecule has 3 aromatic carbocycles. The molecule has 0 aliphatic heterocycles.